The van der Waals surface area contributed by atoms with E-state index >= 15 is 0 Å². The maximum atomic E-state index is 10.1. The molecule has 2 aromatic carbocycles. The highest BCUT2D eigenvalue weighted by Gasteiger charge is 2.41. The third-order valence-corrected chi connectivity index (χ3v) is 10.2. The van der Waals surface area contributed by atoms with Crippen LogP contribution in [0.3, 0.4) is 0 Å². The number of aromatic nitrogens is 1. The predicted octanol–water partition coefficient (Wildman–Crippen LogP) is 9.03. The molecule has 1 aliphatic heterocycles. The molecule has 5 nitrogen and oxygen atoms in total. The fourth-order valence-corrected chi connectivity index (χ4v) is 8.09. The van der Waals surface area contributed by atoms with Gasteiger partial charge in [0.2, 0.25) is 0 Å². The first-order chi connectivity index (χ1) is 21.2. The van der Waals surface area contributed by atoms with Crippen molar-refractivity contribution in [3.8, 4) is 18.1 Å². The standard InChI is InChI=1S/C28H38N2O.C6H3NOS.C4H10/c1-19-13-20-15-21(14-19)18-28(2,17-20)29-24-7-5-22(6-8-24)27-26-10-9-25(31-4)16-23(26)11-12-30(27)3;1-2-6-5(3-8)7-4-9-6;1-3-4-2/h5-10,16,19-21,27,29H,11-15,17-18H2,1-4H3;1,3-4H;3-4H2,1-2H3. The van der Waals surface area contributed by atoms with Crippen LogP contribution in [0.4, 0.5) is 5.69 Å². The van der Waals surface area contributed by atoms with Gasteiger partial charge < -0.3 is 10.1 Å². The Labute approximate surface area is 269 Å². The predicted molar refractivity (Wildman–Crippen MR) is 185 cm³/mol. The van der Waals surface area contributed by atoms with Crippen LogP contribution >= 0.6 is 11.3 Å². The molecule has 2 saturated carbocycles. The summed E-state index contributed by atoms with van der Waals surface area (Å²) >= 11 is 1.30. The van der Waals surface area contributed by atoms with Gasteiger partial charge in [0.05, 0.1) is 18.7 Å². The lowest BCUT2D eigenvalue weighted by atomic mass is 9.62. The van der Waals surface area contributed by atoms with E-state index in [0.717, 1.165) is 36.5 Å². The lowest BCUT2D eigenvalue weighted by Crippen LogP contribution is -2.45. The van der Waals surface area contributed by atoms with E-state index in [0.29, 0.717) is 22.9 Å². The van der Waals surface area contributed by atoms with Crippen LogP contribution in [0.2, 0.25) is 0 Å². The molecule has 0 amide bonds. The molecule has 6 rings (SSSR count). The number of anilines is 1. The number of thiazole rings is 1. The Bertz CT molecular complexity index is 1370. The Hall–Kier alpha value is -3.14. The minimum Gasteiger partial charge on any atom is -0.497 e. The quantitative estimate of drug-likeness (QED) is 0.222. The number of nitrogens with one attached hydrogen (secondary N) is 1. The van der Waals surface area contributed by atoms with E-state index in [-0.39, 0.29) is 5.54 Å². The van der Waals surface area contributed by atoms with E-state index in [1.807, 2.05) is 0 Å². The van der Waals surface area contributed by atoms with Gasteiger partial charge in [0.1, 0.15) is 16.3 Å². The highest BCUT2D eigenvalue weighted by Crippen LogP contribution is 2.47. The lowest BCUT2D eigenvalue weighted by molar-refractivity contribution is 0.102. The van der Waals surface area contributed by atoms with E-state index in [4.69, 9.17) is 11.2 Å². The minimum atomic E-state index is 0.236. The molecule has 236 valence electrons. The van der Waals surface area contributed by atoms with Gasteiger partial charge in [-0.1, -0.05) is 57.7 Å². The topological polar surface area (TPSA) is 54.5 Å². The van der Waals surface area contributed by atoms with E-state index < -0.39 is 0 Å². The molecule has 0 radical (unpaired) electrons. The van der Waals surface area contributed by atoms with Crippen LogP contribution in [0.25, 0.3) is 0 Å². The van der Waals surface area contributed by atoms with Gasteiger partial charge in [-0.3, -0.25) is 9.69 Å². The van der Waals surface area contributed by atoms with Gasteiger partial charge >= 0.3 is 0 Å². The number of hydrogen-bond acceptors (Lipinski definition) is 6. The van der Waals surface area contributed by atoms with Gasteiger partial charge in [-0.2, -0.15) is 0 Å². The smallest absolute Gasteiger partial charge is 0.170 e. The normalized spacial score (nSPS) is 25.6. The Balaban J connectivity index is 0.000000284. The summed E-state index contributed by atoms with van der Waals surface area (Å²) in [6, 6.07) is 16.2. The Morgan fingerprint density at radius 2 is 1.80 bits per heavy atom. The Morgan fingerprint density at radius 1 is 1.11 bits per heavy atom. The molecule has 2 aliphatic carbocycles. The number of benzene rings is 2. The van der Waals surface area contributed by atoms with Crippen molar-refractivity contribution < 1.29 is 9.53 Å². The number of terminal acetylenes is 1. The number of nitrogens with zero attached hydrogens (tertiary/aromatic N) is 2. The summed E-state index contributed by atoms with van der Waals surface area (Å²) in [6.07, 6.45) is 16.3. The van der Waals surface area contributed by atoms with Gasteiger partial charge in [-0.05, 0) is 111 Å². The van der Waals surface area contributed by atoms with Gasteiger partial charge in [-0.15, -0.1) is 17.8 Å². The van der Waals surface area contributed by atoms with Crippen LogP contribution in [-0.2, 0) is 6.42 Å². The summed E-state index contributed by atoms with van der Waals surface area (Å²) in [6.45, 7) is 10.3. The molecule has 44 heavy (non-hydrogen) atoms. The maximum Gasteiger partial charge on any atom is 0.170 e. The van der Waals surface area contributed by atoms with Crippen molar-refractivity contribution in [3.63, 3.8) is 0 Å². The van der Waals surface area contributed by atoms with Gasteiger partial charge in [0.25, 0.3) is 0 Å². The molecule has 2 bridgehead atoms. The molecular formula is C38H51N3O2S. The zero-order valence-corrected chi connectivity index (χ0v) is 28.4. The minimum absolute atomic E-state index is 0.236. The first-order valence-electron chi connectivity index (χ1n) is 16.3. The van der Waals surface area contributed by atoms with Crippen molar-refractivity contribution >= 4 is 23.3 Å². The summed E-state index contributed by atoms with van der Waals surface area (Å²) in [5.74, 6) is 6.04. The van der Waals surface area contributed by atoms with Crippen LogP contribution in [-0.4, -0.2) is 42.4 Å². The maximum absolute atomic E-state index is 10.1. The van der Waals surface area contributed by atoms with E-state index in [1.165, 1.54) is 78.7 Å². The largest absolute Gasteiger partial charge is 0.497 e. The zero-order chi connectivity index (χ0) is 31.7. The lowest BCUT2D eigenvalue weighted by Gasteiger charge is -2.48. The third-order valence-electron chi connectivity index (χ3n) is 9.45. The van der Waals surface area contributed by atoms with Crippen molar-refractivity contribution in [2.24, 2.45) is 17.8 Å². The van der Waals surface area contributed by atoms with E-state index in [9.17, 15) is 4.79 Å². The van der Waals surface area contributed by atoms with Gasteiger partial charge in [0.15, 0.2) is 6.29 Å². The summed E-state index contributed by atoms with van der Waals surface area (Å²) in [5.41, 5.74) is 7.63. The molecule has 2 heterocycles. The molecule has 0 spiro atoms. The average Bonchev–Trinajstić information content (AvgIpc) is 3.49. The number of rotatable bonds is 6. The molecule has 1 aromatic heterocycles. The third kappa shape index (κ3) is 8.52. The van der Waals surface area contributed by atoms with Gasteiger partial charge in [-0.25, -0.2) is 4.98 Å². The second-order valence-electron chi connectivity index (χ2n) is 13.3. The SMILES string of the molecule is C#Cc1scnc1C=O.CCCC.COc1ccc2c(c1)CCN(C)C2c1ccc(NC2(C)CC3CC(C)CC(C3)C2)cc1. The van der Waals surface area contributed by atoms with Crippen LogP contribution in [0.5, 0.6) is 5.75 Å². The van der Waals surface area contributed by atoms with E-state index in [1.54, 1.807) is 12.6 Å². The van der Waals surface area contributed by atoms with Crippen LogP contribution in [0, 0.1) is 30.1 Å². The first-order valence-corrected chi connectivity index (χ1v) is 17.2. The molecule has 2 fully saturated rings. The molecule has 0 saturated heterocycles. The molecule has 3 aromatic rings. The number of ether oxygens (including phenoxy) is 1. The van der Waals surface area contributed by atoms with Crippen molar-refractivity contribution in [3.05, 3.63) is 75.2 Å². The summed E-state index contributed by atoms with van der Waals surface area (Å²) in [4.78, 5) is 16.9. The number of unbranched alkanes of at least 4 members (excludes halogenated alkanes) is 1. The zero-order valence-electron chi connectivity index (χ0n) is 27.6. The van der Waals surface area contributed by atoms with Crippen molar-refractivity contribution in [2.75, 3.05) is 26.0 Å². The second-order valence-corrected chi connectivity index (χ2v) is 14.1. The Kier molecular flexibility index (Phi) is 12.1. The van der Waals surface area contributed by atoms with Crippen LogP contribution in [0.15, 0.2) is 48.0 Å². The number of carbonyl (C=O) groups excluding carboxylic acids is 1. The monoisotopic (exact) mass is 613 g/mol. The first kappa shape index (κ1) is 33.7. The van der Waals surface area contributed by atoms with Crippen LogP contribution in [0.1, 0.15) is 111 Å². The number of likely N-dealkylation sites (N-methyl/N-ethyl adjacent to an activating group) is 1. The average molecular weight is 614 g/mol. The summed E-state index contributed by atoms with van der Waals surface area (Å²) < 4.78 is 5.46. The number of fused-ring (bicyclic) bond motifs is 3. The summed E-state index contributed by atoms with van der Waals surface area (Å²) in [5, 5.41) is 3.95. The fourth-order valence-electron chi connectivity index (χ4n) is 7.52. The van der Waals surface area contributed by atoms with Gasteiger partial charge in [0, 0.05) is 17.8 Å². The van der Waals surface area contributed by atoms with E-state index in [2.05, 4.69) is 98.3 Å². The summed E-state index contributed by atoms with van der Waals surface area (Å²) in [7, 11) is 3.99. The molecule has 1 N–H and O–H groups in total. The number of carbonyl (C=O) groups is 1. The molecular weight excluding hydrogens is 563 g/mol. The Morgan fingerprint density at radius 3 is 2.36 bits per heavy atom. The molecule has 6 heteroatoms. The van der Waals surface area contributed by atoms with Crippen molar-refractivity contribution in [1.29, 1.82) is 0 Å². The second kappa shape index (κ2) is 15.7. The van der Waals surface area contributed by atoms with Crippen molar-refractivity contribution in [2.45, 2.75) is 90.6 Å². The highest BCUT2D eigenvalue weighted by atomic mass is 32.1. The molecule has 3 aliphatic rings. The number of hydrogen-bond donors (Lipinski definition) is 1. The molecule has 3 unspecified atom stereocenters. The van der Waals surface area contributed by atoms with Crippen molar-refractivity contribution in [1.82, 2.24) is 9.88 Å². The highest BCUT2D eigenvalue weighted by molar-refractivity contribution is 7.10. The molecule has 3 atom stereocenters. The van der Waals surface area contributed by atoms with Crippen LogP contribution < -0.4 is 10.1 Å². The number of aldehydes is 1. The fraction of sp³-hybridized carbons (Fsp3) is 0.526. The number of methoxy groups -OCH3 is 1.